The van der Waals surface area contributed by atoms with Crippen LogP contribution >= 0.6 is 0 Å². The van der Waals surface area contributed by atoms with Crippen LogP contribution in [0.4, 0.5) is 0 Å². The number of hydrogen-bond acceptors (Lipinski definition) is 2. The lowest BCUT2D eigenvalue weighted by atomic mass is 9.86. The van der Waals surface area contributed by atoms with Crippen LogP contribution in [0.25, 0.3) is 43.8 Å². The van der Waals surface area contributed by atoms with Crippen molar-refractivity contribution < 1.29 is 10.2 Å². The summed E-state index contributed by atoms with van der Waals surface area (Å²) in [6.07, 6.45) is 0. The number of rotatable bonds is 2. The molecule has 0 atom stereocenters. The highest BCUT2D eigenvalue weighted by molar-refractivity contribution is 6.21. The molecule has 134 valence electrons. The molecule has 2 nitrogen and oxygen atoms in total. The fraction of sp³-hybridized carbons (Fsp3) is 0. The van der Waals surface area contributed by atoms with Crippen molar-refractivity contribution in [3.05, 3.63) is 97.1 Å². The molecule has 0 radical (unpaired) electrons. The summed E-state index contributed by atoms with van der Waals surface area (Å²) in [4.78, 5) is 0. The fourth-order valence-corrected chi connectivity index (χ4v) is 4.09. The maximum absolute atomic E-state index is 10.1. The van der Waals surface area contributed by atoms with Gasteiger partial charge in [0, 0.05) is 6.07 Å². The van der Waals surface area contributed by atoms with Crippen LogP contribution in [-0.2, 0) is 0 Å². The highest BCUT2D eigenvalue weighted by Crippen LogP contribution is 2.44. The van der Waals surface area contributed by atoms with Gasteiger partial charge in [-0.3, -0.25) is 0 Å². The Kier molecular flexibility index (Phi) is 3.77. The lowest BCUT2D eigenvalue weighted by molar-refractivity contribution is 0.451. The SMILES string of the molecule is Oc1cc(O)cc(-c2c3ccccc3c(-c3ccccc3)c3ccccc23)c1. The zero-order valence-electron chi connectivity index (χ0n) is 15.1. The van der Waals surface area contributed by atoms with Gasteiger partial charge in [-0.2, -0.15) is 0 Å². The molecular weight excluding hydrogens is 344 g/mol. The van der Waals surface area contributed by atoms with E-state index >= 15 is 0 Å². The van der Waals surface area contributed by atoms with Crippen molar-refractivity contribution in [2.45, 2.75) is 0 Å². The molecular formula is C26H18O2. The normalized spacial score (nSPS) is 11.1. The minimum Gasteiger partial charge on any atom is -0.508 e. The van der Waals surface area contributed by atoms with Gasteiger partial charge in [0.25, 0.3) is 0 Å². The van der Waals surface area contributed by atoms with Gasteiger partial charge in [0.15, 0.2) is 0 Å². The lowest BCUT2D eigenvalue weighted by Gasteiger charge is -2.17. The smallest absolute Gasteiger partial charge is 0.119 e. The molecule has 0 spiro atoms. The molecule has 0 bridgehead atoms. The Morgan fingerprint density at radius 1 is 0.393 bits per heavy atom. The Morgan fingerprint density at radius 2 is 0.786 bits per heavy atom. The molecule has 5 aromatic rings. The second-order valence-electron chi connectivity index (χ2n) is 6.95. The van der Waals surface area contributed by atoms with Crippen LogP contribution in [0, 0.1) is 0 Å². The summed E-state index contributed by atoms with van der Waals surface area (Å²) < 4.78 is 0. The summed E-state index contributed by atoms with van der Waals surface area (Å²) in [6.45, 7) is 0. The number of fused-ring (bicyclic) bond motifs is 2. The highest BCUT2D eigenvalue weighted by atomic mass is 16.3. The van der Waals surface area contributed by atoms with Crippen molar-refractivity contribution in [1.82, 2.24) is 0 Å². The third-order valence-electron chi connectivity index (χ3n) is 5.19. The number of aromatic hydroxyl groups is 2. The Morgan fingerprint density at radius 3 is 1.25 bits per heavy atom. The summed E-state index contributed by atoms with van der Waals surface area (Å²) in [7, 11) is 0. The first-order valence-electron chi connectivity index (χ1n) is 9.24. The molecule has 28 heavy (non-hydrogen) atoms. The molecule has 0 heterocycles. The van der Waals surface area contributed by atoms with E-state index in [1.807, 2.05) is 30.3 Å². The monoisotopic (exact) mass is 362 g/mol. The number of phenolic OH excluding ortho intramolecular Hbond substituents is 2. The maximum Gasteiger partial charge on any atom is 0.119 e. The first-order chi connectivity index (χ1) is 13.7. The van der Waals surface area contributed by atoms with Gasteiger partial charge in [0.05, 0.1) is 0 Å². The molecule has 5 rings (SSSR count). The zero-order chi connectivity index (χ0) is 19.1. The first kappa shape index (κ1) is 16.4. The number of hydrogen-bond donors (Lipinski definition) is 2. The van der Waals surface area contributed by atoms with Crippen LogP contribution in [0.2, 0.25) is 0 Å². The van der Waals surface area contributed by atoms with Crippen molar-refractivity contribution in [3.8, 4) is 33.8 Å². The molecule has 2 heteroatoms. The summed E-state index contributed by atoms with van der Waals surface area (Å²) in [5.41, 5.74) is 4.17. The summed E-state index contributed by atoms with van der Waals surface area (Å²) in [6, 6.07) is 31.8. The van der Waals surface area contributed by atoms with Crippen LogP contribution < -0.4 is 0 Å². The molecule has 0 saturated heterocycles. The quantitative estimate of drug-likeness (QED) is 0.341. The maximum atomic E-state index is 10.1. The van der Waals surface area contributed by atoms with Crippen LogP contribution in [0.15, 0.2) is 97.1 Å². The zero-order valence-corrected chi connectivity index (χ0v) is 15.1. The third-order valence-corrected chi connectivity index (χ3v) is 5.19. The third kappa shape index (κ3) is 2.58. The molecule has 0 amide bonds. The van der Waals surface area contributed by atoms with Crippen molar-refractivity contribution in [2.24, 2.45) is 0 Å². The van der Waals surface area contributed by atoms with Crippen molar-refractivity contribution in [2.75, 3.05) is 0 Å². The van der Waals surface area contributed by atoms with Crippen molar-refractivity contribution in [3.63, 3.8) is 0 Å². The second kappa shape index (κ2) is 6.43. The molecule has 0 aromatic heterocycles. The van der Waals surface area contributed by atoms with Gasteiger partial charge in [-0.15, -0.1) is 0 Å². The molecule has 2 N–H and O–H groups in total. The predicted octanol–water partition coefficient (Wildman–Crippen LogP) is 6.74. The van der Waals surface area contributed by atoms with E-state index in [4.69, 9.17) is 0 Å². The Bertz CT molecular complexity index is 1240. The number of phenols is 2. The van der Waals surface area contributed by atoms with Gasteiger partial charge in [0.1, 0.15) is 11.5 Å². The molecule has 0 aliphatic heterocycles. The average Bonchev–Trinajstić information content (AvgIpc) is 2.71. The molecule has 0 aliphatic rings. The van der Waals surface area contributed by atoms with E-state index in [2.05, 4.69) is 48.5 Å². The average molecular weight is 362 g/mol. The summed E-state index contributed by atoms with van der Waals surface area (Å²) in [5.74, 6) is 0.102. The van der Waals surface area contributed by atoms with Gasteiger partial charge < -0.3 is 10.2 Å². The van der Waals surface area contributed by atoms with E-state index in [0.29, 0.717) is 0 Å². The van der Waals surface area contributed by atoms with E-state index in [1.165, 1.54) is 17.2 Å². The van der Waals surface area contributed by atoms with Gasteiger partial charge >= 0.3 is 0 Å². The van der Waals surface area contributed by atoms with E-state index in [1.54, 1.807) is 12.1 Å². The van der Waals surface area contributed by atoms with Gasteiger partial charge in [-0.25, -0.2) is 0 Å². The first-order valence-corrected chi connectivity index (χ1v) is 9.24. The Balaban J connectivity index is 2.00. The number of benzene rings is 5. The summed E-state index contributed by atoms with van der Waals surface area (Å²) >= 11 is 0. The lowest BCUT2D eigenvalue weighted by Crippen LogP contribution is -1.90. The van der Waals surface area contributed by atoms with E-state index in [-0.39, 0.29) is 11.5 Å². The minimum atomic E-state index is 0.0512. The van der Waals surface area contributed by atoms with Gasteiger partial charge in [-0.1, -0.05) is 78.9 Å². The Hall–Kier alpha value is -3.78. The van der Waals surface area contributed by atoms with Crippen LogP contribution in [0.3, 0.4) is 0 Å². The topological polar surface area (TPSA) is 40.5 Å². The van der Waals surface area contributed by atoms with Crippen LogP contribution in [0.1, 0.15) is 0 Å². The van der Waals surface area contributed by atoms with Gasteiger partial charge in [0.2, 0.25) is 0 Å². The van der Waals surface area contributed by atoms with Crippen molar-refractivity contribution >= 4 is 21.5 Å². The van der Waals surface area contributed by atoms with E-state index < -0.39 is 0 Å². The van der Waals surface area contributed by atoms with E-state index in [0.717, 1.165) is 32.7 Å². The molecule has 5 aromatic carbocycles. The molecule has 0 unspecified atom stereocenters. The second-order valence-corrected chi connectivity index (χ2v) is 6.95. The van der Waals surface area contributed by atoms with Crippen LogP contribution in [0.5, 0.6) is 11.5 Å². The summed E-state index contributed by atoms with van der Waals surface area (Å²) in [5, 5.41) is 24.6. The largest absolute Gasteiger partial charge is 0.508 e. The molecule has 0 fully saturated rings. The van der Waals surface area contributed by atoms with Crippen LogP contribution in [-0.4, -0.2) is 10.2 Å². The standard InChI is InChI=1S/C26H18O2/c27-19-14-18(15-20(28)16-19)26-23-12-6-4-10-21(23)25(17-8-2-1-3-9-17)22-11-5-7-13-24(22)26/h1-16,27-28H. The van der Waals surface area contributed by atoms with E-state index in [9.17, 15) is 10.2 Å². The fourth-order valence-electron chi connectivity index (χ4n) is 4.09. The minimum absolute atomic E-state index is 0.0512. The molecule has 0 saturated carbocycles. The molecule has 0 aliphatic carbocycles. The Labute approximate surface area is 162 Å². The van der Waals surface area contributed by atoms with Gasteiger partial charge in [-0.05, 0) is 55.9 Å². The van der Waals surface area contributed by atoms with Crippen molar-refractivity contribution in [1.29, 1.82) is 0 Å². The predicted molar refractivity (Wildman–Crippen MR) is 116 cm³/mol. The highest BCUT2D eigenvalue weighted by Gasteiger charge is 2.16.